The standard InChI is InChI=1S/C16H18N4O2/c1-10-8-14(20-16(17-10)19-12-6-7-12)18-13-5-3-4-11(9-13)15(21)22-2/h3-5,8-9,12H,6-7H2,1-2H3,(H2,17,18,19,20). The fourth-order valence-electron chi connectivity index (χ4n) is 2.10. The summed E-state index contributed by atoms with van der Waals surface area (Å²) < 4.78 is 4.73. The van der Waals surface area contributed by atoms with Gasteiger partial charge in [0.1, 0.15) is 5.82 Å². The number of anilines is 3. The number of nitrogens with zero attached hydrogens (tertiary/aromatic N) is 2. The molecule has 1 aliphatic rings. The first-order valence-corrected chi connectivity index (χ1v) is 7.21. The van der Waals surface area contributed by atoms with Gasteiger partial charge in [0.25, 0.3) is 0 Å². The number of carbonyl (C=O) groups excluding carboxylic acids is 1. The van der Waals surface area contributed by atoms with Crippen LogP contribution in [0, 0.1) is 6.92 Å². The quantitative estimate of drug-likeness (QED) is 0.827. The van der Waals surface area contributed by atoms with Gasteiger partial charge in [-0.1, -0.05) is 6.07 Å². The predicted octanol–water partition coefficient (Wildman–Crippen LogP) is 2.89. The Kier molecular flexibility index (Phi) is 3.91. The molecule has 0 radical (unpaired) electrons. The topological polar surface area (TPSA) is 76.1 Å². The summed E-state index contributed by atoms with van der Waals surface area (Å²) >= 11 is 0. The highest BCUT2D eigenvalue weighted by Crippen LogP contribution is 2.24. The van der Waals surface area contributed by atoms with Crippen LogP contribution in [-0.4, -0.2) is 29.1 Å². The number of carbonyl (C=O) groups is 1. The normalized spacial score (nSPS) is 13.5. The third kappa shape index (κ3) is 3.52. The monoisotopic (exact) mass is 298 g/mol. The minimum absolute atomic E-state index is 0.362. The molecule has 1 saturated carbocycles. The highest BCUT2D eigenvalue weighted by atomic mass is 16.5. The van der Waals surface area contributed by atoms with Crippen molar-refractivity contribution in [2.24, 2.45) is 0 Å². The molecular weight excluding hydrogens is 280 g/mol. The van der Waals surface area contributed by atoms with Crippen LogP contribution in [0.2, 0.25) is 0 Å². The molecular formula is C16H18N4O2. The van der Waals surface area contributed by atoms with Crippen molar-refractivity contribution in [2.45, 2.75) is 25.8 Å². The van der Waals surface area contributed by atoms with E-state index >= 15 is 0 Å². The average molecular weight is 298 g/mol. The Morgan fingerprint density at radius 3 is 2.82 bits per heavy atom. The second-order valence-corrected chi connectivity index (χ2v) is 5.33. The molecule has 0 saturated heterocycles. The number of ether oxygens (including phenoxy) is 1. The summed E-state index contributed by atoms with van der Waals surface area (Å²) in [6.07, 6.45) is 2.34. The van der Waals surface area contributed by atoms with Gasteiger partial charge < -0.3 is 15.4 Å². The van der Waals surface area contributed by atoms with Gasteiger partial charge in [-0.2, -0.15) is 4.98 Å². The van der Waals surface area contributed by atoms with Gasteiger partial charge in [0, 0.05) is 23.5 Å². The zero-order valence-corrected chi connectivity index (χ0v) is 12.6. The van der Waals surface area contributed by atoms with Crippen LogP contribution >= 0.6 is 0 Å². The molecule has 1 aliphatic carbocycles. The maximum absolute atomic E-state index is 11.6. The summed E-state index contributed by atoms with van der Waals surface area (Å²) in [6.45, 7) is 1.93. The van der Waals surface area contributed by atoms with E-state index in [0.717, 1.165) is 11.4 Å². The van der Waals surface area contributed by atoms with Crippen molar-refractivity contribution in [3.63, 3.8) is 0 Å². The van der Waals surface area contributed by atoms with Crippen LogP contribution in [0.3, 0.4) is 0 Å². The van der Waals surface area contributed by atoms with Gasteiger partial charge in [0.05, 0.1) is 12.7 Å². The highest BCUT2D eigenvalue weighted by molar-refractivity contribution is 5.90. The maximum Gasteiger partial charge on any atom is 0.337 e. The molecule has 1 aromatic carbocycles. The molecule has 1 fully saturated rings. The number of hydrogen-bond donors (Lipinski definition) is 2. The maximum atomic E-state index is 11.6. The number of hydrogen-bond acceptors (Lipinski definition) is 6. The molecule has 0 spiro atoms. The number of nitrogens with one attached hydrogen (secondary N) is 2. The van der Waals surface area contributed by atoms with Crippen molar-refractivity contribution in [2.75, 3.05) is 17.7 Å². The van der Waals surface area contributed by atoms with Crippen molar-refractivity contribution < 1.29 is 9.53 Å². The highest BCUT2D eigenvalue weighted by Gasteiger charge is 2.22. The smallest absolute Gasteiger partial charge is 0.337 e. The van der Waals surface area contributed by atoms with E-state index in [-0.39, 0.29) is 5.97 Å². The number of aromatic nitrogens is 2. The summed E-state index contributed by atoms with van der Waals surface area (Å²) in [5.74, 6) is 0.963. The van der Waals surface area contributed by atoms with Crippen LogP contribution in [0.5, 0.6) is 0 Å². The van der Waals surface area contributed by atoms with Gasteiger partial charge in [-0.15, -0.1) is 0 Å². The largest absolute Gasteiger partial charge is 0.465 e. The Bertz CT molecular complexity index is 698. The van der Waals surface area contributed by atoms with Crippen molar-refractivity contribution >= 4 is 23.4 Å². The minimum Gasteiger partial charge on any atom is -0.465 e. The van der Waals surface area contributed by atoms with Gasteiger partial charge >= 0.3 is 5.97 Å². The summed E-state index contributed by atoms with van der Waals surface area (Å²) in [5, 5.41) is 6.48. The van der Waals surface area contributed by atoms with E-state index in [2.05, 4.69) is 20.6 Å². The molecule has 0 atom stereocenters. The Morgan fingerprint density at radius 2 is 2.09 bits per heavy atom. The molecule has 2 N–H and O–H groups in total. The first-order chi connectivity index (χ1) is 10.6. The minimum atomic E-state index is -0.362. The lowest BCUT2D eigenvalue weighted by Gasteiger charge is -2.10. The van der Waals surface area contributed by atoms with Crippen LogP contribution in [0.25, 0.3) is 0 Å². The molecule has 0 bridgehead atoms. The summed E-state index contributed by atoms with van der Waals surface area (Å²) in [7, 11) is 1.37. The van der Waals surface area contributed by atoms with Gasteiger partial charge in [-0.25, -0.2) is 9.78 Å². The lowest BCUT2D eigenvalue weighted by molar-refractivity contribution is 0.0601. The predicted molar refractivity (Wildman–Crippen MR) is 84.5 cm³/mol. The lowest BCUT2D eigenvalue weighted by atomic mass is 10.2. The molecule has 1 aromatic heterocycles. The summed E-state index contributed by atoms with van der Waals surface area (Å²) in [5.41, 5.74) is 2.15. The van der Waals surface area contributed by atoms with E-state index in [1.54, 1.807) is 18.2 Å². The third-order valence-electron chi connectivity index (χ3n) is 3.32. The number of aryl methyl sites for hydroxylation is 1. The second-order valence-electron chi connectivity index (χ2n) is 5.33. The van der Waals surface area contributed by atoms with Gasteiger partial charge in [0.15, 0.2) is 0 Å². The molecule has 0 aliphatic heterocycles. The SMILES string of the molecule is COC(=O)c1cccc(Nc2cc(C)nc(NC3CC3)n2)c1. The Balaban J connectivity index is 1.80. The molecule has 22 heavy (non-hydrogen) atoms. The van der Waals surface area contributed by atoms with E-state index in [1.165, 1.54) is 20.0 Å². The van der Waals surface area contributed by atoms with Crippen molar-refractivity contribution in [1.82, 2.24) is 9.97 Å². The number of rotatable bonds is 5. The molecule has 0 amide bonds. The summed E-state index contributed by atoms with van der Waals surface area (Å²) in [4.78, 5) is 20.4. The van der Waals surface area contributed by atoms with Crippen LogP contribution in [0.4, 0.5) is 17.5 Å². The lowest BCUT2D eigenvalue weighted by Crippen LogP contribution is -2.08. The molecule has 6 nitrogen and oxygen atoms in total. The number of methoxy groups -OCH3 is 1. The van der Waals surface area contributed by atoms with E-state index < -0.39 is 0 Å². The first-order valence-electron chi connectivity index (χ1n) is 7.21. The molecule has 1 heterocycles. The van der Waals surface area contributed by atoms with Crippen LogP contribution in [-0.2, 0) is 4.74 Å². The van der Waals surface area contributed by atoms with Crippen molar-refractivity contribution in [3.8, 4) is 0 Å². The molecule has 2 aromatic rings. The molecule has 0 unspecified atom stereocenters. The Morgan fingerprint density at radius 1 is 1.27 bits per heavy atom. The van der Waals surface area contributed by atoms with Crippen LogP contribution < -0.4 is 10.6 Å². The van der Waals surface area contributed by atoms with Crippen molar-refractivity contribution in [3.05, 3.63) is 41.6 Å². The van der Waals surface area contributed by atoms with Gasteiger partial charge in [0.2, 0.25) is 5.95 Å². The van der Waals surface area contributed by atoms with Gasteiger partial charge in [-0.05, 0) is 38.0 Å². The van der Waals surface area contributed by atoms with Crippen molar-refractivity contribution in [1.29, 1.82) is 0 Å². The fraction of sp³-hybridized carbons (Fsp3) is 0.312. The van der Waals surface area contributed by atoms with E-state index in [9.17, 15) is 4.79 Å². The van der Waals surface area contributed by atoms with Gasteiger partial charge in [-0.3, -0.25) is 0 Å². The Hall–Kier alpha value is -2.63. The molecule has 3 rings (SSSR count). The van der Waals surface area contributed by atoms with E-state index in [0.29, 0.717) is 23.4 Å². The number of esters is 1. The Labute approximate surface area is 128 Å². The zero-order valence-electron chi connectivity index (χ0n) is 12.6. The van der Waals surface area contributed by atoms with E-state index in [1.807, 2.05) is 19.1 Å². The number of benzene rings is 1. The molecule has 6 heteroatoms. The summed E-state index contributed by atoms with van der Waals surface area (Å²) in [6, 6.07) is 9.48. The van der Waals surface area contributed by atoms with Crippen LogP contribution in [0.1, 0.15) is 28.9 Å². The van der Waals surface area contributed by atoms with E-state index in [4.69, 9.17) is 4.74 Å². The molecule has 114 valence electrons. The zero-order chi connectivity index (χ0) is 15.5. The van der Waals surface area contributed by atoms with Crippen LogP contribution in [0.15, 0.2) is 30.3 Å². The third-order valence-corrected chi connectivity index (χ3v) is 3.32. The fourth-order valence-corrected chi connectivity index (χ4v) is 2.10. The average Bonchev–Trinajstić information content (AvgIpc) is 3.30. The first kappa shape index (κ1) is 14.3. The second kappa shape index (κ2) is 6.01.